The summed E-state index contributed by atoms with van der Waals surface area (Å²) >= 11 is 1.70. The fourth-order valence-corrected chi connectivity index (χ4v) is 3.29. The van der Waals surface area contributed by atoms with E-state index in [0.717, 1.165) is 27.8 Å². The van der Waals surface area contributed by atoms with Gasteiger partial charge in [0.2, 0.25) is 0 Å². The zero-order valence-electron chi connectivity index (χ0n) is 13.1. The van der Waals surface area contributed by atoms with Crippen molar-refractivity contribution in [2.45, 2.75) is 17.7 Å². The molecule has 4 aromatic rings. The lowest BCUT2D eigenvalue weighted by Gasteiger charge is -2.04. The first-order valence-electron chi connectivity index (χ1n) is 7.61. The van der Waals surface area contributed by atoms with Crippen molar-refractivity contribution in [1.82, 2.24) is 24.8 Å². The number of aromatic nitrogens is 5. The molecule has 0 spiro atoms. The maximum absolute atomic E-state index is 4.68. The van der Waals surface area contributed by atoms with Gasteiger partial charge in [-0.1, -0.05) is 41.6 Å². The summed E-state index contributed by atoms with van der Waals surface area (Å²) in [5.41, 5.74) is 4.25. The van der Waals surface area contributed by atoms with Gasteiger partial charge in [0.1, 0.15) is 5.03 Å². The van der Waals surface area contributed by atoms with Crippen LogP contribution < -0.4 is 0 Å². The highest BCUT2D eigenvalue weighted by Gasteiger charge is 2.10. The number of pyridine rings is 1. The van der Waals surface area contributed by atoms with Crippen LogP contribution >= 0.6 is 11.8 Å². The molecular formula is C18H15N5S. The summed E-state index contributed by atoms with van der Waals surface area (Å²) in [6.45, 7) is 2.11. The van der Waals surface area contributed by atoms with E-state index in [0.29, 0.717) is 0 Å². The molecule has 24 heavy (non-hydrogen) atoms. The second-order valence-corrected chi connectivity index (χ2v) is 6.47. The Morgan fingerprint density at radius 1 is 1.00 bits per heavy atom. The molecule has 0 fully saturated rings. The highest BCUT2D eigenvalue weighted by Crippen LogP contribution is 2.23. The summed E-state index contributed by atoms with van der Waals surface area (Å²) in [6, 6.07) is 16.3. The molecule has 3 heterocycles. The third-order valence-corrected chi connectivity index (χ3v) is 4.64. The Kier molecular flexibility index (Phi) is 3.96. The molecule has 1 aromatic carbocycles. The van der Waals surface area contributed by atoms with E-state index in [9.17, 15) is 0 Å². The molecule has 0 aliphatic carbocycles. The lowest BCUT2D eigenvalue weighted by atomic mass is 10.2. The average molecular weight is 333 g/mol. The van der Waals surface area contributed by atoms with Gasteiger partial charge in [-0.05, 0) is 36.8 Å². The van der Waals surface area contributed by atoms with Gasteiger partial charge < -0.3 is 0 Å². The Bertz CT molecular complexity index is 981. The van der Waals surface area contributed by atoms with Crippen LogP contribution in [0.3, 0.4) is 0 Å². The lowest BCUT2D eigenvalue weighted by molar-refractivity contribution is 0.860. The summed E-state index contributed by atoms with van der Waals surface area (Å²) in [7, 11) is 0. The van der Waals surface area contributed by atoms with Gasteiger partial charge in [-0.25, -0.2) is 0 Å². The molecule has 0 atom stereocenters. The largest absolute Gasteiger partial charge is 0.265 e. The molecule has 0 saturated carbocycles. The van der Waals surface area contributed by atoms with E-state index in [2.05, 4.69) is 51.5 Å². The minimum absolute atomic E-state index is 0.727. The molecule has 0 unspecified atom stereocenters. The Morgan fingerprint density at radius 3 is 2.71 bits per heavy atom. The molecule has 0 saturated heterocycles. The van der Waals surface area contributed by atoms with Crippen LogP contribution in [-0.2, 0) is 5.75 Å². The van der Waals surface area contributed by atoms with Crippen LogP contribution in [0, 0.1) is 6.92 Å². The maximum Gasteiger partial charge on any atom is 0.185 e. The summed E-state index contributed by atoms with van der Waals surface area (Å²) in [5, 5.41) is 14.1. The maximum atomic E-state index is 4.68. The lowest BCUT2D eigenvalue weighted by Crippen LogP contribution is -1.96. The van der Waals surface area contributed by atoms with Crippen molar-refractivity contribution in [3.63, 3.8) is 0 Å². The van der Waals surface area contributed by atoms with Gasteiger partial charge in [0, 0.05) is 23.7 Å². The number of hydrogen-bond donors (Lipinski definition) is 0. The van der Waals surface area contributed by atoms with E-state index in [4.69, 9.17) is 0 Å². The summed E-state index contributed by atoms with van der Waals surface area (Å²) in [4.78, 5) is 4.04. The van der Waals surface area contributed by atoms with Gasteiger partial charge in [0.25, 0.3) is 0 Å². The van der Waals surface area contributed by atoms with Crippen LogP contribution in [0.1, 0.15) is 11.1 Å². The highest BCUT2D eigenvalue weighted by molar-refractivity contribution is 7.98. The smallest absolute Gasteiger partial charge is 0.185 e. The van der Waals surface area contributed by atoms with Gasteiger partial charge >= 0.3 is 0 Å². The van der Waals surface area contributed by atoms with Crippen molar-refractivity contribution >= 4 is 17.4 Å². The van der Waals surface area contributed by atoms with Gasteiger partial charge in [-0.15, -0.1) is 10.2 Å². The molecule has 0 bridgehead atoms. The second kappa shape index (κ2) is 6.41. The van der Waals surface area contributed by atoms with Crippen molar-refractivity contribution in [3.8, 4) is 11.4 Å². The topological polar surface area (TPSA) is 56.0 Å². The van der Waals surface area contributed by atoms with E-state index in [-0.39, 0.29) is 0 Å². The van der Waals surface area contributed by atoms with Crippen molar-refractivity contribution in [2.24, 2.45) is 0 Å². The van der Waals surface area contributed by atoms with Crippen LogP contribution in [-0.4, -0.2) is 24.8 Å². The van der Waals surface area contributed by atoms with E-state index in [1.165, 1.54) is 11.1 Å². The Labute approximate surface area is 143 Å². The molecule has 0 aliphatic rings. The fraction of sp³-hybridized carbons (Fsp3) is 0.111. The summed E-state index contributed by atoms with van der Waals surface area (Å²) in [5.74, 6) is 1.61. The molecule has 3 aromatic heterocycles. The zero-order chi connectivity index (χ0) is 16.4. The van der Waals surface area contributed by atoms with Gasteiger partial charge in [0.15, 0.2) is 11.5 Å². The zero-order valence-corrected chi connectivity index (χ0v) is 13.9. The molecule has 118 valence electrons. The summed E-state index contributed by atoms with van der Waals surface area (Å²) in [6.07, 6.45) is 3.49. The molecule has 5 nitrogen and oxygen atoms in total. The predicted molar refractivity (Wildman–Crippen MR) is 94.8 cm³/mol. The first-order valence-corrected chi connectivity index (χ1v) is 8.59. The Morgan fingerprint density at radius 2 is 1.88 bits per heavy atom. The van der Waals surface area contributed by atoms with Crippen LogP contribution in [0.4, 0.5) is 0 Å². The molecule has 0 aliphatic heterocycles. The quantitative estimate of drug-likeness (QED) is 0.532. The summed E-state index contributed by atoms with van der Waals surface area (Å²) < 4.78 is 1.79. The highest BCUT2D eigenvalue weighted by atomic mass is 32.2. The van der Waals surface area contributed by atoms with Crippen molar-refractivity contribution in [1.29, 1.82) is 0 Å². The van der Waals surface area contributed by atoms with E-state index in [1.54, 1.807) is 28.7 Å². The third-order valence-electron chi connectivity index (χ3n) is 3.65. The number of nitrogens with zero attached hydrogens (tertiary/aromatic N) is 5. The standard InChI is InChI=1S/C18H15N5S/c1-13-3-2-4-14(11-13)12-24-17-6-5-16-20-21-18(23(16)22-17)15-7-9-19-10-8-15/h2-11H,12H2,1H3. The minimum atomic E-state index is 0.727. The van der Waals surface area contributed by atoms with E-state index < -0.39 is 0 Å². The monoisotopic (exact) mass is 333 g/mol. The third kappa shape index (κ3) is 3.00. The average Bonchev–Trinajstić information content (AvgIpc) is 3.04. The van der Waals surface area contributed by atoms with Crippen molar-refractivity contribution in [2.75, 3.05) is 0 Å². The number of thioether (sulfide) groups is 1. The fourth-order valence-electron chi connectivity index (χ4n) is 2.49. The SMILES string of the molecule is Cc1cccc(CSc2ccc3nnc(-c4ccncc4)n3n2)c1. The first-order chi connectivity index (χ1) is 11.8. The first kappa shape index (κ1) is 14.8. The van der Waals surface area contributed by atoms with Crippen molar-refractivity contribution in [3.05, 3.63) is 72.1 Å². The van der Waals surface area contributed by atoms with Gasteiger partial charge in [0.05, 0.1) is 0 Å². The molecule has 6 heteroatoms. The van der Waals surface area contributed by atoms with Gasteiger partial charge in [-0.2, -0.15) is 9.61 Å². The second-order valence-electron chi connectivity index (χ2n) is 5.48. The molecule has 0 N–H and O–H groups in total. The molecular weight excluding hydrogens is 318 g/mol. The number of benzene rings is 1. The number of rotatable bonds is 4. The molecule has 0 radical (unpaired) electrons. The van der Waals surface area contributed by atoms with Gasteiger partial charge in [-0.3, -0.25) is 4.98 Å². The van der Waals surface area contributed by atoms with Crippen molar-refractivity contribution < 1.29 is 0 Å². The van der Waals surface area contributed by atoms with Crippen LogP contribution in [0.15, 0.2) is 66.0 Å². The van der Waals surface area contributed by atoms with Crippen LogP contribution in [0.25, 0.3) is 17.0 Å². The minimum Gasteiger partial charge on any atom is -0.265 e. The number of fused-ring (bicyclic) bond motifs is 1. The number of aryl methyl sites for hydroxylation is 1. The van der Waals surface area contributed by atoms with E-state index in [1.807, 2.05) is 24.3 Å². The Hall–Kier alpha value is -2.73. The number of hydrogen-bond acceptors (Lipinski definition) is 5. The Balaban J connectivity index is 1.63. The van der Waals surface area contributed by atoms with Crippen LogP contribution in [0.5, 0.6) is 0 Å². The molecule has 4 rings (SSSR count). The normalized spacial score (nSPS) is 11.0. The van der Waals surface area contributed by atoms with Crippen LogP contribution in [0.2, 0.25) is 0 Å². The predicted octanol–water partition coefficient (Wildman–Crippen LogP) is 3.79. The van der Waals surface area contributed by atoms with E-state index >= 15 is 0 Å². The molecule has 0 amide bonds.